The van der Waals surface area contributed by atoms with Crippen molar-refractivity contribution in [2.24, 2.45) is 23.7 Å². The highest BCUT2D eigenvalue weighted by Gasteiger charge is 2.51. The second-order valence-electron chi connectivity index (χ2n) is 6.90. The molecule has 3 atom stereocenters. The number of hydrogen-bond donors (Lipinski definition) is 2. The van der Waals surface area contributed by atoms with Crippen LogP contribution in [0.4, 0.5) is 0 Å². The van der Waals surface area contributed by atoms with E-state index in [-0.39, 0.29) is 18.4 Å². The van der Waals surface area contributed by atoms with Crippen molar-refractivity contribution in [1.82, 2.24) is 5.32 Å². The molecule has 2 N–H and O–H groups in total. The van der Waals surface area contributed by atoms with Gasteiger partial charge in [0.15, 0.2) is 0 Å². The predicted molar refractivity (Wildman–Crippen MR) is 89.8 cm³/mol. The number of amides is 1. The van der Waals surface area contributed by atoms with Gasteiger partial charge in [-0.25, -0.2) is 0 Å². The van der Waals surface area contributed by atoms with Gasteiger partial charge in [0.05, 0.1) is 12.5 Å². The summed E-state index contributed by atoms with van der Waals surface area (Å²) in [6.45, 7) is 2.71. The van der Waals surface area contributed by atoms with Gasteiger partial charge in [-0.05, 0) is 62.1 Å². The Labute approximate surface area is 142 Å². The summed E-state index contributed by atoms with van der Waals surface area (Å²) in [4.78, 5) is 23.6. The van der Waals surface area contributed by atoms with Crippen LogP contribution in [-0.2, 0) is 16.0 Å². The van der Waals surface area contributed by atoms with Gasteiger partial charge in [0.2, 0.25) is 5.91 Å². The zero-order valence-corrected chi connectivity index (χ0v) is 14.0. The Morgan fingerprint density at radius 2 is 2.00 bits per heavy atom. The number of hydrogen-bond acceptors (Lipinski definition) is 3. The van der Waals surface area contributed by atoms with Crippen LogP contribution in [0.1, 0.15) is 31.7 Å². The van der Waals surface area contributed by atoms with E-state index < -0.39 is 11.9 Å². The average Bonchev–Trinajstić information content (AvgIpc) is 3.44. The fourth-order valence-corrected chi connectivity index (χ4v) is 3.34. The molecule has 0 saturated heterocycles. The summed E-state index contributed by atoms with van der Waals surface area (Å²) in [5, 5.41) is 12.3. The highest BCUT2D eigenvalue weighted by Crippen LogP contribution is 2.54. The quantitative estimate of drug-likeness (QED) is 0.729. The van der Waals surface area contributed by atoms with E-state index in [2.05, 4.69) is 5.32 Å². The van der Waals surface area contributed by atoms with Crippen molar-refractivity contribution in [1.29, 1.82) is 0 Å². The Hall–Kier alpha value is -2.04. The molecule has 2 saturated carbocycles. The van der Waals surface area contributed by atoms with Gasteiger partial charge in [-0.15, -0.1) is 0 Å². The first-order valence-corrected chi connectivity index (χ1v) is 8.80. The fraction of sp³-hybridized carbons (Fsp3) is 0.579. The molecule has 0 heterocycles. The summed E-state index contributed by atoms with van der Waals surface area (Å²) in [5.41, 5.74) is 0.933. The largest absolute Gasteiger partial charge is 0.494 e. The van der Waals surface area contributed by atoms with Gasteiger partial charge < -0.3 is 15.2 Å². The number of nitrogens with one attached hydrogen (secondary N) is 1. The van der Waals surface area contributed by atoms with E-state index in [1.807, 2.05) is 31.2 Å². The molecule has 2 aliphatic rings. The molecule has 2 aliphatic carbocycles. The standard InChI is InChI=1S/C19H25NO4/c1-2-24-15-7-3-12(4-8-15)9-14(19(22)23)11-20-18(21)17-10-16(17)13-5-6-13/h3-4,7-8,13-14,16-17H,2,5-6,9-11H2,1H3,(H,20,21)(H,22,23)/t14-,16-,17-/m1/s1. The lowest BCUT2D eigenvalue weighted by atomic mass is 9.99. The van der Waals surface area contributed by atoms with Crippen LogP contribution in [0, 0.1) is 23.7 Å². The van der Waals surface area contributed by atoms with Crippen molar-refractivity contribution >= 4 is 11.9 Å². The van der Waals surface area contributed by atoms with E-state index in [9.17, 15) is 14.7 Å². The summed E-state index contributed by atoms with van der Waals surface area (Å²) >= 11 is 0. The van der Waals surface area contributed by atoms with E-state index in [0.717, 1.165) is 23.7 Å². The predicted octanol–water partition coefficient (Wildman–Crippen LogP) is 2.49. The van der Waals surface area contributed by atoms with Crippen molar-refractivity contribution in [3.05, 3.63) is 29.8 Å². The van der Waals surface area contributed by atoms with E-state index >= 15 is 0 Å². The molecule has 0 spiro atoms. The maximum absolute atomic E-state index is 12.1. The highest BCUT2D eigenvalue weighted by atomic mass is 16.5. The topological polar surface area (TPSA) is 75.6 Å². The summed E-state index contributed by atoms with van der Waals surface area (Å²) in [7, 11) is 0. The Balaban J connectivity index is 1.49. The molecule has 0 unspecified atom stereocenters. The summed E-state index contributed by atoms with van der Waals surface area (Å²) in [6, 6.07) is 7.46. The van der Waals surface area contributed by atoms with Gasteiger partial charge in [-0.3, -0.25) is 9.59 Å². The Kier molecular flexibility index (Phi) is 5.07. The van der Waals surface area contributed by atoms with Gasteiger partial charge in [0, 0.05) is 12.5 Å². The zero-order chi connectivity index (χ0) is 17.1. The molecule has 24 heavy (non-hydrogen) atoms. The molecule has 5 heteroatoms. The van der Waals surface area contributed by atoms with Gasteiger partial charge in [-0.1, -0.05) is 12.1 Å². The molecular formula is C19H25NO4. The van der Waals surface area contributed by atoms with Gasteiger partial charge in [-0.2, -0.15) is 0 Å². The Bertz CT molecular complexity index is 594. The summed E-state index contributed by atoms with van der Waals surface area (Å²) in [5.74, 6) is 0.756. The maximum Gasteiger partial charge on any atom is 0.308 e. The van der Waals surface area contributed by atoms with E-state index in [0.29, 0.717) is 18.9 Å². The van der Waals surface area contributed by atoms with E-state index in [1.165, 1.54) is 12.8 Å². The maximum atomic E-state index is 12.1. The third-order valence-corrected chi connectivity index (χ3v) is 4.99. The molecule has 0 aliphatic heterocycles. The molecule has 1 aromatic carbocycles. The first-order valence-electron chi connectivity index (χ1n) is 8.80. The molecule has 3 rings (SSSR count). The van der Waals surface area contributed by atoms with Crippen LogP contribution in [-0.4, -0.2) is 30.1 Å². The Morgan fingerprint density at radius 3 is 2.58 bits per heavy atom. The van der Waals surface area contributed by atoms with Crippen LogP contribution in [0.2, 0.25) is 0 Å². The second-order valence-corrected chi connectivity index (χ2v) is 6.90. The van der Waals surface area contributed by atoms with Crippen LogP contribution >= 0.6 is 0 Å². The molecule has 0 radical (unpaired) electrons. The third kappa shape index (κ3) is 4.28. The number of benzene rings is 1. The van der Waals surface area contributed by atoms with Crippen LogP contribution in [0.25, 0.3) is 0 Å². The number of rotatable bonds is 9. The third-order valence-electron chi connectivity index (χ3n) is 4.99. The molecule has 1 aromatic rings. The number of carboxylic acids is 1. The SMILES string of the molecule is CCOc1ccc(C[C@H](CNC(=O)[C@@H]2C[C@@H]2C2CC2)C(=O)O)cc1. The molecule has 2 fully saturated rings. The first kappa shape index (κ1) is 16.8. The molecule has 130 valence electrons. The van der Waals surface area contributed by atoms with Crippen LogP contribution in [0.3, 0.4) is 0 Å². The van der Waals surface area contributed by atoms with Gasteiger partial charge >= 0.3 is 5.97 Å². The van der Waals surface area contributed by atoms with E-state index in [1.54, 1.807) is 0 Å². The van der Waals surface area contributed by atoms with Crippen molar-refractivity contribution in [2.45, 2.75) is 32.6 Å². The monoisotopic (exact) mass is 331 g/mol. The van der Waals surface area contributed by atoms with Crippen LogP contribution in [0.5, 0.6) is 5.75 Å². The normalized spacial score (nSPS) is 23.4. The lowest BCUT2D eigenvalue weighted by Crippen LogP contribution is -2.35. The second kappa shape index (κ2) is 7.24. The Morgan fingerprint density at radius 1 is 1.29 bits per heavy atom. The minimum Gasteiger partial charge on any atom is -0.494 e. The highest BCUT2D eigenvalue weighted by molar-refractivity contribution is 5.82. The van der Waals surface area contributed by atoms with Gasteiger partial charge in [0.25, 0.3) is 0 Å². The smallest absolute Gasteiger partial charge is 0.308 e. The number of carbonyl (C=O) groups excluding carboxylic acids is 1. The molecule has 5 nitrogen and oxygen atoms in total. The van der Waals surface area contributed by atoms with E-state index in [4.69, 9.17) is 4.74 Å². The zero-order valence-electron chi connectivity index (χ0n) is 14.0. The first-order chi connectivity index (χ1) is 11.6. The van der Waals surface area contributed by atoms with Crippen molar-refractivity contribution in [2.75, 3.05) is 13.2 Å². The summed E-state index contributed by atoms with van der Waals surface area (Å²) < 4.78 is 5.39. The minimum absolute atomic E-state index is 0.0323. The molecular weight excluding hydrogens is 306 g/mol. The molecule has 0 bridgehead atoms. The molecule has 0 aromatic heterocycles. The van der Waals surface area contributed by atoms with Crippen molar-refractivity contribution < 1.29 is 19.4 Å². The minimum atomic E-state index is -0.876. The number of carboxylic acid groups (broad SMARTS) is 1. The number of aliphatic carboxylic acids is 1. The average molecular weight is 331 g/mol. The number of ether oxygens (including phenoxy) is 1. The van der Waals surface area contributed by atoms with Crippen molar-refractivity contribution in [3.63, 3.8) is 0 Å². The lowest BCUT2D eigenvalue weighted by Gasteiger charge is -2.14. The number of carbonyl (C=O) groups is 2. The fourth-order valence-electron chi connectivity index (χ4n) is 3.34. The van der Waals surface area contributed by atoms with Crippen LogP contribution < -0.4 is 10.1 Å². The van der Waals surface area contributed by atoms with Crippen molar-refractivity contribution in [3.8, 4) is 5.75 Å². The van der Waals surface area contributed by atoms with Crippen LogP contribution in [0.15, 0.2) is 24.3 Å². The summed E-state index contributed by atoms with van der Waals surface area (Å²) in [6.07, 6.45) is 3.89. The van der Waals surface area contributed by atoms with Gasteiger partial charge in [0.1, 0.15) is 5.75 Å². The lowest BCUT2D eigenvalue weighted by molar-refractivity contribution is -0.141. The molecule has 1 amide bonds.